The third-order valence-electron chi connectivity index (χ3n) is 3.92. The van der Waals surface area contributed by atoms with Crippen molar-refractivity contribution < 1.29 is 19.6 Å². The topological polar surface area (TPSA) is 66.8 Å². The lowest BCUT2D eigenvalue weighted by molar-refractivity contribution is 0.0992. The third kappa shape index (κ3) is 3.12. The van der Waals surface area contributed by atoms with Gasteiger partial charge in [0.1, 0.15) is 0 Å². The zero-order chi connectivity index (χ0) is 15.5. The van der Waals surface area contributed by atoms with Crippen LogP contribution in [0.15, 0.2) is 42.5 Å². The Morgan fingerprint density at radius 1 is 1.18 bits per heavy atom. The normalized spacial score (nSPS) is 13.8. The smallest absolute Gasteiger partial charge is 0.423 e. The Morgan fingerprint density at radius 2 is 2.05 bits per heavy atom. The fraction of sp³-hybridized carbons (Fsp3) is 0.235. The van der Waals surface area contributed by atoms with Crippen LogP contribution in [0.1, 0.15) is 27.0 Å². The molecule has 4 nitrogen and oxygen atoms in total. The summed E-state index contributed by atoms with van der Waals surface area (Å²) >= 11 is 0. The van der Waals surface area contributed by atoms with Gasteiger partial charge in [0.2, 0.25) is 0 Å². The highest BCUT2D eigenvalue weighted by Crippen LogP contribution is 2.13. The van der Waals surface area contributed by atoms with E-state index in [9.17, 15) is 9.82 Å². The molecule has 0 amide bonds. The van der Waals surface area contributed by atoms with Crippen LogP contribution >= 0.6 is 0 Å². The molecule has 5 heteroatoms. The molecule has 2 aromatic rings. The number of benzene rings is 2. The average molecular weight is 296 g/mol. The molecule has 0 fully saturated rings. The minimum Gasteiger partial charge on any atom is -0.423 e. The zero-order valence-electron chi connectivity index (χ0n) is 12.2. The molecule has 112 valence electrons. The molecule has 0 aliphatic carbocycles. The monoisotopic (exact) mass is 296 g/mol. The van der Waals surface area contributed by atoms with Gasteiger partial charge in [-0.05, 0) is 34.6 Å². The van der Waals surface area contributed by atoms with E-state index in [1.54, 1.807) is 24.3 Å². The number of aliphatic hydroxyl groups is 1. The van der Waals surface area contributed by atoms with Crippen LogP contribution in [0.3, 0.4) is 0 Å². The lowest BCUT2D eigenvalue weighted by atomic mass is 9.73. The minimum atomic E-state index is -0.906. The Kier molecular flexibility index (Phi) is 4.38. The second-order valence-electron chi connectivity index (χ2n) is 5.46. The van der Waals surface area contributed by atoms with Gasteiger partial charge in [0.25, 0.3) is 0 Å². The molecule has 0 radical (unpaired) electrons. The molecule has 0 bridgehead atoms. The number of fused-ring (bicyclic) bond motifs is 1. The van der Waals surface area contributed by atoms with E-state index in [0.717, 1.165) is 28.6 Å². The summed E-state index contributed by atoms with van der Waals surface area (Å²) in [7, 11) is -0.906. The number of Topliss-reactive ketones (excluding diaryl/α,β-unsaturated/α-hetero) is 1. The zero-order valence-corrected chi connectivity index (χ0v) is 12.2. The van der Waals surface area contributed by atoms with Crippen molar-refractivity contribution in [1.29, 1.82) is 0 Å². The summed E-state index contributed by atoms with van der Waals surface area (Å²) in [4.78, 5) is 12.4. The van der Waals surface area contributed by atoms with Crippen LogP contribution in [-0.4, -0.2) is 29.6 Å². The van der Waals surface area contributed by atoms with E-state index < -0.39 is 7.12 Å². The standard InChI is InChI=1S/C17H17BO4/c19-11-13-2-1-3-15(8-13)17(20)10-12-4-5-14-6-7-22-18(21)16(14)9-12/h1-5,8-9,19,21H,6-7,10-11H2. The van der Waals surface area contributed by atoms with Gasteiger partial charge in [-0.25, -0.2) is 0 Å². The maximum Gasteiger partial charge on any atom is 0.491 e. The van der Waals surface area contributed by atoms with Crippen molar-refractivity contribution in [3.05, 3.63) is 64.7 Å². The van der Waals surface area contributed by atoms with Gasteiger partial charge in [-0.1, -0.05) is 36.4 Å². The van der Waals surface area contributed by atoms with Crippen molar-refractivity contribution in [1.82, 2.24) is 0 Å². The molecule has 1 heterocycles. The molecule has 2 aromatic carbocycles. The third-order valence-corrected chi connectivity index (χ3v) is 3.92. The van der Waals surface area contributed by atoms with E-state index in [1.165, 1.54) is 0 Å². The highest BCUT2D eigenvalue weighted by Gasteiger charge is 2.25. The van der Waals surface area contributed by atoms with Gasteiger partial charge in [0, 0.05) is 18.6 Å². The number of hydrogen-bond donors (Lipinski definition) is 2. The van der Waals surface area contributed by atoms with Crippen molar-refractivity contribution in [3.63, 3.8) is 0 Å². The Bertz CT molecular complexity index is 699. The van der Waals surface area contributed by atoms with Gasteiger partial charge >= 0.3 is 7.12 Å². The van der Waals surface area contributed by atoms with Crippen LogP contribution in [0, 0.1) is 0 Å². The van der Waals surface area contributed by atoms with Crippen molar-refractivity contribution in [2.45, 2.75) is 19.4 Å². The number of carbonyl (C=O) groups excluding carboxylic acids is 1. The van der Waals surface area contributed by atoms with Crippen LogP contribution in [0.5, 0.6) is 0 Å². The lowest BCUT2D eigenvalue weighted by Crippen LogP contribution is -2.41. The fourth-order valence-corrected chi connectivity index (χ4v) is 2.71. The molecule has 2 N–H and O–H groups in total. The van der Waals surface area contributed by atoms with Gasteiger partial charge < -0.3 is 14.8 Å². The van der Waals surface area contributed by atoms with Gasteiger partial charge in [0.15, 0.2) is 5.78 Å². The molecular weight excluding hydrogens is 279 g/mol. The van der Waals surface area contributed by atoms with Crippen molar-refractivity contribution in [2.75, 3.05) is 6.61 Å². The first kappa shape index (κ1) is 15.0. The fourth-order valence-electron chi connectivity index (χ4n) is 2.71. The molecule has 0 atom stereocenters. The second kappa shape index (κ2) is 6.44. The van der Waals surface area contributed by atoms with Gasteiger partial charge in [-0.15, -0.1) is 0 Å². The molecule has 3 rings (SSSR count). The van der Waals surface area contributed by atoms with Gasteiger partial charge in [-0.2, -0.15) is 0 Å². The first-order valence-electron chi connectivity index (χ1n) is 7.32. The maximum atomic E-state index is 12.4. The molecule has 0 aromatic heterocycles. The lowest BCUT2D eigenvalue weighted by Gasteiger charge is -2.19. The molecular formula is C17H17BO4. The molecule has 0 spiro atoms. The number of ketones is 1. The van der Waals surface area contributed by atoms with Crippen molar-refractivity contribution in [3.8, 4) is 0 Å². The number of carbonyl (C=O) groups is 1. The van der Waals surface area contributed by atoms with E-state index in [0.29, 0.717) is 12.2 Å². The van der Waals surface area contributed by atoms with Crippen LogP contribution < -0.4 is 5.46 Å². The Labute approximate surface area is 129 Å². The SMILES string of the molecule is O=C(Cc1ccc2c(c1)B(O)OCC2)c1cccc(CO)c1. The molecule has 0 saturated heterocycles. The van der Waals surface area contributed by atoms with Gasteiger partial charge in [-0.3, -0.25) is 4.79 Å². The second-order valence-corrected chi connectivity index (χ2v) is 5.46. The predicted octanol–water partition coefficient (Wildman–Crippen LogP) is 0.864. The van der Waals surface area contributed by atoms with E-state index >= 15 is 0 Å². The average Bonchev–Trinajstić information content (AvgIpc) is 2.55. The summed E-state index contributed by atoms with van der Waals surface area (Å²) in [5, 5.41) is 19.0. The summed E-state index contributed by atoms with van der Waals surface area (Å²) in [6.45, 7) is 0.434. The largest absolute Gasteiger partial charge is 0.491 e. The van der Waals surface area contributed by atoms with E-state index in [2.05, 4.69) is 0 Å². The quantitative estimate of drug-likeness (QED) is 0.649. The molecule has 1 aliphatic rings. The number of aliphatic hydroxyl groups excluding tert-OH is 1. The first-order chi connectivity index (χ1) is 10.7. The first-order valence-corrected chi connectivity index (χ1v) is 7.32. The van der Waals surface area contributed by atoms with Crippen LogP contribution in [0.2, 0.25) is 0 Å². The van der Waals surface area contributed by atoms with E-state index in [1.807, 2.05) is 18.2 Å². The molecule has 0 saturated carbocycles. The molecule has 1 aliphatic heterocycles. The number of rotatable bonds is 4. The number of hydrogen-bond acceptors (Lipinski definition) is 4. The van der Waals surface area contributed by atoms with E-state index in [-0.39, 0.29) is 18.8 Å². The molecule has 0 unspecified atom stereocenters. The molecule has 22 heavy (non-hydrogen) atoms. The van der Waals surface area contributed by atoms with Gasteiger partial charge in [0.05, 0.1) is 6.61 Å². The predicted molar refractivity (Wildman–Crippen MR) is 84.1 cm³/mol. The highest BCUT2D eigenvalue weighted by molar-refractivity contribution is 6.60. The summed E-state index contributed by atoms with van der Waals surface area (Å²) in [5.41, 5.74) is 3.97. The van der Waals surface area contributed by atoms with Crippen molar-refractivity contribution in [2.24, 2.45) is 0 Å². The summed E-state index contributed by atoms with van der Waals surface area (Å²) in [5.74, 6) is -0.0125. The maximum absolute atomic E-state index is 12.4. The minimum absolute atomic E-state index is 0.0125. The summed E-state index contributed by atoms with van der Waals surface area (Å²) in [6.07, 6.45) is 1.04. The van der Waals surface area contributed by atoms with Crippen LogP contribution in [-0.2, 0) is 24.1 Å². The Balaban J connectivity index is 1.80. The summed E-state index contributed by atoms with van der Waals surface area (Å²) in [6, 6.07) is 12.7. The van der Waals surface area contributed by atoms with Crippen molar-refractivity contribution >= 4 is 18.4 Å². The van der Waals surface area contributed by atoms with Crippen LogP contribution in [0.25, 0.3) is 0 Å². The highest BCUT2D eigenvalue weighted by atomic mass is 16.5. The Hall–Kier alpha value is -1.95. The summed E-state index contributed by atoms with van der Waals surface area (Å²) < 4.78 is 5.22. The van der Waals surface area contributed by atoms with E-state index in [4.69, 9.17) is 9.76 Å². The van der Waals surface area contributed by atoms with Crippen LogP contribution in [0.4, 0.5) is 0 Å². The Morgan fingerprint density at radius 3 is 2.86 bits per heavy atom.